The van der Waals surface area contributed by atoms with Crippen LogP contribution in [-0.4, -0.2) is 23.3 Å². The van der Waals surface area contributed by atoms with Crippen LogP contribution in [0.2, 0.25) is 0 Å². The van der Waals surface area contributed by atoms with Gasteiger partial charge in [0.1, 0.15) is 0 Å². The molecule has 5 heteroatoms. The SMILES string of the molecule is C/C=C1/C(=O)O[C@H]2C[C@@H]1C(C(=O)O)=CO2. The second kappa shape index (κ2) is 3.42. The number of hydrogen-bond donors (Lipinski definition) is 1. The summed E-state index contributed by atoms with van der Waals surface area (Å²) in [5.74, 6) is -1.97. The van der Waals surface area contributed by atoms with Crippen molar-refractivity contribution in [3.63, 3.8) is 0 Å². The third-order valence-electron chi connectivity index (χ3n) is 2.56. The fourth-order valence-electron chi connectivity index (χ4n) is 1.82. The molecule has 0 aromatic carbocycles. The molecule has 1 saturated heterocycles. The van der Waals surface area contributed by atoms with Gasteiger partial charge in [0.05, 0.1) is 11.8 Å². The van der Waals surface area contributed by atoms with E-state index in [2.05, 4.69) is 0 Å². The Labute approximate surface area is 86.0 Å². The van der Waals surface area contributed by atoms with Crippen molar-refractivity contribution in [3.05, 3.63) is 23.5 Å². The maximum Gasteiger partial charge on any atom is 0.337 e. The number of ether oxygens (including phenoxy) is 2. The van der Waals surface area contributed by atoms with Crippen LogP contribution in [0.25, 0.3) is 0 Å². The monoisotopic (exact) mass is 210 g/mol. The zero-order valence-electron chi connectivity index (χ0n) is 8.10. The summed E-state index contributed by atoms with van der Waals surface area (Å²) in [6.45, 7) is 1.69. The molecule has 2 rings (SSSR count). The lowest BCUT2D eigenvalue weighted by Gasteiger charge is -2.33. The van der Waals surface area contributed by atoms with Crippen molar-refractivity contribution in [2.75, 3.05) is 0 Å². The van der Waals surface area contributed by atoms with Crippen molar-refractivity contribution >= 4 is 11.9 Å². The molecule has 2 aliphatic rings. The number of carboxylic acid groups (broad SMARTS) is 1. The molecule has 5 nitrogen and oxygen atoms in total. The number of esters is 1. The predicted molar refractivity (Wildman–Crippen MR) is 48.5 cm³/mol. The number of rotatable bonds is 1. The number of fused-ring (bicyclic) bond motifs is 2. The number of allylic oxidation sites excluding steroid dienone is 1. The Hall–Kier alpha value is -1.78. The van der Waals surface area contributed by atoms with Crippen LogP contribution in [0.1, 0.15) is 13.3 Å². The molecule has 0 aromatic rings. The second-order valence-electron chi connectivity index (χ2n) is 3.38. The third-order valence-corrected chi connectivity index (χ3v) is 2.56. The van der Waals surface area contributed by atoms with E-state index in [-0.39, 0.29) is 5.57 Å². The van der Waals surface area contributed by atoms with Crippen LogP contribution in [-0.2, 0) is 19.1 Å². The molecular formula is C10H10O5. The molecule has 0 amide bonds. The summed E-state index contributed by atoms with van der Waals surface area (Å²) in [6, 6.07) is 0. The maximum absolute atomic E-state index is 11.4. The van der Waals surface area contributed by atoms with Gasteiger partial charge < -0.3 is 14.6 Å². The van der Waals surface area contributed by atoms with Crippen LogP contribution in [0.4, 0.5) is 0 Å². The van der Waals surface area contributed by atoms with Gasteiger partial charge in [-0.05, 0) is 6.92 Å². The summed E-state index contributed by atoms with van der Waals surface area (Å²) in [6.07, 6.45) is 2.49. The van der Waals surface area contributed by atoms with Crippen LogP contribution < -0.4 is 0 Å². The highest BCUT2D eigenvalue weighted by atomic mass is 16.7. The molecule has 15 heavy (non-hydrogen) atoms. The van der Waals surface area contributed by atoms with E-state index < -0.39 is 24.1 Å². The van der Waals surface area contributed by atoms with Crippen LogP contribution in [0.15, 0.2) is 23.5 Å². The largest absolute Gasteiger partial charge is 0.478 e. The fraction of sp³-hybridized carbons (Fsp3) is 0.400. The Balaban J connectivity index is 2.40. The number of aliphatic carboxylic acids is 1. The number of carboxylic acids is 1. The summed E-state index contributed by atoms with van der Waals surface area (Å²) < 4.78 is 9.89. The molecular weight excluding hydrogens is 200 g/mol. The van der Waals surface area contributed by atoms with E-state index in [1.807, 2.05) is 0 Å². The highest BCUT2D eigenvalue weighted by Crippen LogP contribution is 2.36. The number of hydrogen-bond acceptors (Lipinski definition) is 4. The average Bonchev–Trinajstić information content (AvgIpc) is 2.17. The maximum atomic E-state index is 11.4. The molecule has 0 aliphatic carbocycles. The molecule has 1 fully saturated rings. The Morgan fingerprint density at radius 1 is 1.67 bits per heavy atom. The number of carbonyl (C=O) groups excluding carboxylic acids is 1. The lowest BCUT2D eigenvalue weighted by molar-refractivity contribution is -0.177. The van der Waals surface area contributed by atoms with Crippen molar-refractivity contribution in [3.8, 4) is 0 Å². The van der Waals surface area contributed by atoms with Crippen molar-refractivity contribution in [1.29, 1.82) is 0 Å². The standard InChI is InChI=1S/C10H10O5/c1-2-5-6-3-8(15-10(5)13)14-4-7(6)9(11)12/h2,4,6,8H,3H2,1H3,(H,11,12)/b5-2+/t6-,8-/m0/s1. The van der Waals surface area contributed by atoms with Crippen LogP contribution in [0, 0.1) is 5.92 Å². The summed E-state index contributed by atoms with van der Waals surface area (Å²) in [7, 11) is 0. The van der Waals surface area contributed by atoms with E-state index in [1.54, 1.807) is 13.0 Å². The first-order valence-electron chi connectivity index (χ1n) is 4.59. The predicted octanol–water partition coefficient (Wildman–Crippen LogP) is 0.821. The minimum absolute atomic E-state index is 0.107. The van der Waals surface area contributed by atoms with E-state index in [9.17, 15) is 9.59 Å². The molecule has 80 valence electrons. The first kappa shape index (κ1) is 9.76. The fourth-order valence-corrected chi connectivity index (χ4v) is 1.82. The summed E-state index contributed by atoms with van der Waals surface area (Å²) in [4.78, 5) is 22.3. The summed E-state index contributed by atoms with van der Waals surface area (Å²) >= 11 is 0. The highest BCUT2D eigenvalue weighted by molar-refractivity contribution is 5.96. The van der Waals surface area contributed by atoms with E-state index in [1.165, 1.54) is 0 Å². The van der Waals surface area contributed by atoms with Crippen LogP contribution >= 0.6 is 0 Å². The van der Waals surface area contributed by atoms with E-state index in [4.69, 9.17) is 14.6 Å². The van der Waals surface area contributed by atoms with Crippen molar-refractivity contribution in [2.24, 2.45) is 5.92 Å². The molecule has 0 spiro atoms. The molecule has 1 N–H and O–H groups in total. The first-order valence-corrected chi connectivity index (χ1v) is 4.59. The first-order chi connectivity index (χ1) is 7.13. The van der Waals surface area contributed by atoms with Crippen LogP contribution in [0.5, 0.6) is 0 Å². The van der Waals surface area contributed by atoms with Crippen molar-refractivity contribution in [2.45, 2.75) is 19.6 Å². The Bertz CT molecular complexity index is 379. The van der Waals surface area contributed by atoms with E-state index in [0.717, 1.165) is 6.26 Å². The molecule has 2 bridgehead atoms. The molecule has 0 saturated carbocycles. The van der Waals surface area contributed by atoms with Gasteiger partial charge >= 0.3 is 11.9 Å². The van der Waals surface area contributed by atoms with Gasteiger partial charge in [0, 0.05) is 17.9 Å². The molecule has 0 aromatic heterocycles. The van der Waals surface area contributed by atoms with Gasteiger partial charge in [0.2, 0.25) is 6.29 Å². The van der Waals surface area contributed by atoms with E-state index >= 15 is 0 Å². The molecule has 2 heterocycles. The van der Waals surface area contributed by atoms with Gasteiger partial charge in [-0.1, -0.05) is 6.08 Å². The van der Waals surface area contributed by atoms with Crippen LogP contribution in [0.3, 0.4) is 0 Å². The molecule has 2 aliphatic heterocycles. The lowest BCUT2D eigenvalue weighted by Crippen LogP contribution is -2.38. The minimum atomic E-state index is -1.06. The Morgan fingerprint density at radius 3 is 3.00 bits per heavy atom. The third kappa shape index (κ3) is 1.49. The quantitative estimate of drug-likeness (QED) is 0.512. The van der Waals surface area contributed by atoms with Crippen molar-refractivity contribution in [1.82, 2.24) is 0 Å². The molecule has 2 atom stereocenters. The summed E-state index contributed by atoms with van der Waals surface area (Å²) in [5, 5.41) is 8.92. The number of carbonyl (C=O) groups is 2. The Morgan fingerprint density at radius 2 is 2.40 bits per heavy atom. The van der Waals surface area contributed by atoms with Gasteiger partial charge in [-0.15, -0.1) is 0 Å². The topological polar surface area (TPSA) is 72.8 Å². The van der Waals surface area contributed by atoms with Crippen molar-refractivity contribution < 1.29 is 24.2 Å². The van der Waals surface area contributed by atoms with Gasteiger partial charge in [-0.25, -0.2) is 9.59 Å². The van der Waals surface area contributed by atoms with Gasteiger partial charge in [0.15, 0.2) is 0 Å². The minimum Gasteiger partial charge on any atom is -0.478 e. The summed E-state index contributed by atoms with van der Waals surface area (Å²) in [5.41, 5.74) is 0.499. The lowest BCUT2D eigenvalue weighted by atomic mass is 9.85. The van der Waals surface area contributed by atoms with E-state index in [0.29, 0.717) is 12.0 Å². The van der Waals surface area contributed by atoms with Gasteiger partial charge in [-0.3, -0.25) is 0 Å². The normalized spacial score (nSPS) is 31.7. The van der Waals surface area contributed by atoms with Gasteiger partial charge in [-0.2, -0.15) is 0 Å². The molecule has 0 radical (unpaired) electrons. The molecule has 0 unspecified atom stereocenters. The average molecular weight is 210 g/mol. The smallest absolute Gasteiger partial charge is 0.337 e. The zero-order valence-corrected chi connectivity index (χ0v) is 8.10. The van der Waals surface area contributed by atoms with Gasteiger partial charge in [0.25, 0.3) is 0 Å². The second-order valence-corrected chi connectivity index (χ2v) is 3.38. The zero-order chi connectivity index (χ0) is 11.0. The Kier molecular flexibility index (Phi) is 2.22. The highest BCUT2D eigenvalue weighted by Gasteiger charge is 2.41.